The first-order chi connectivity index (χ1) is 9.42. The maximum atomic E-state index is 12.1. The highest BCUT2D eigenvalue weighted by atomic mass is 16.2. The molecule has 8 nitrogen and oxygen atoms in total. The van der Waals surface area contributed by atoms with Gasteiger partial charge in [0, 0.05) is 22.9 Å². The van der Waals surface area contributed by atoms with E-state index in [2.05, 4.69) is 20.5 Å². The Balaban J connectivity index is 2.48. The fourth-order valence-electron chi connectivity index (χ4n) is 1.82. The molecule has 0 aliphatic carbocycles. The number of nitrogens with zero attached hydrogens (tertiary/aromatic N) is 3. The van der Waals surface area contributed by atoms with Gasteiger partial charge in [-0.2, -0.15) is 0 Å². The number of rotatable bonds is 3. The zero-order chi connectivity index (χ0) is 14.9. The monoisotopic (exact) mass is 276 g/mol. The highest BCUT2D eigenvalue weighted by Crippen LogP contribution is 2.05. The van der Waals surface area contributed by atoms with Crippen LogP contribution in [0.25, 0.3) is 0 Å². The van der Waals surface area contributed by atoms with Crippen LogP contribution in [0, 0.1) is 20.8 Å². The lowest BCUT2D eigenvalue weighted by molar-refractivity contribution is 0.595. The Morgan fingerprint density at radius 3 is 2.60 bits per heavy atom. The number of hydrogen-bond acceptors (Lipinski definition) is 6. The maximum Gasteiger partial charge on any atom is 0.268 e. The van der Waals surface area contributed by atoms with Crippen molar-refractivity contribution in [3.8, 4) is 0 Å². The molecule has 2 aromatic rings. The summed E-state index contributed by atoms with van der Waals surface area (Å²) < 4.78 is 1.19. The Morgan fingerprint density at radius 2 is 1.95 bits per heavy atom. The second-order valence-corrected chi connectivity index (χ2v) is 4.54. The number of nitrogens with one attached hydrogen (secondary N) is 2. The first-order valence-electron chi connectivity index (χ1n) is 6.04. The van der Waals surface area contributed by atoms with Gasteiger partial charge in [-0.05, 0) is 20.8 Å². The summed E-state index contributed by atoms with van der Waals surface area (Å²) in [6.45, 7) is 5.09. The second-order valence-electron chi connectivity index (χ2n) is 4.54. The third kappa shape index (κ3) is 2.59. The number of hydrazine groups is 1. The molecule has 2 heterocycles. The van der Waals surface area contributed by atoms with E-state index in [1.165, 1.54) is 4.68 Å². The first kappa shape index (κ1) is 13.9. The minimum atomic E-state index is -0.299. The fourth-order valence-corrected chi connectivity index (χ4v) is 1.82. The largest absolute Gasteiger partial charge is 0.308 e. The number of H-pyrrole nitrogens is 1. The second kappa shape index (κ2) is 5.25. The highest BCUT2D eigenvalue weighted by molar-refractivity contribution is 5.34. The number of hydrogen-bond donors (Lipinski definition) is 3. The molecule has 2 aromatic heterocycles. The van der Waals surface area contributed by atoms with Gasteiger partial charge in [-0.1, -0.05) is 0 Å². The molecule has 0 saturated heterocycles. The average Bonchev–Trinajstić information content (AvgIpc) is 2.41. The standard InChI is InChI=1S/C12H16N6O2/c1-6-4-9(16-13)15-10(14-6)5-18-12(20)8(3)7(2)11(19)17-18/h4H,5,13H2,1-3H3,(H,17,19)(H,14,15,16). The molecule has 0 bridgehead atoms. The SMILES string of the molecule is Cc1cc(NN)nc(Cn2[nH]c(=O)c(C)c(C)c2=O)n1. The summed E-state index contributed by atoms with van der Waals surface area (Å²) >= 11 is 0. The van der Waals surface area contributed by atoms with Gasteiger partial charge in [0.1, 0.15) is 12.4 Å². The van der Waals surface area contributed by atoms with Crippen LogP contribution < -0.4 is 22.4 Å². The van der Waals surface area contributed by atoms with Crippen LogP contribution in [0.3, 0.4) is 0 Å². The predicted molar refractivity (Wildman–Crippen MR) is 74.5 cm³/mol. The molecule has 0 radical (unpaired) electrons. The van der Waals surface area contributed by atoms with Crippen molar-refractivity contribution in [2.45, 2.75) is 27.3 Å². The van der Waals surface area contributed by atoms with E-state index in [9.17, 15) is 9.59 Å². The zero-order valence-electron chi connectivity index (χ0n) is 11.5. The van der Waals surface area contributed by atoms with Crippen molar-refractivity contribution in [3.05, 3.63) is 49.4 Å². The molecule has 0 atom stereocenters. The summed E-state index contributed by atoms with van der Waals surface area (Å²) in [7, 11) is 0. The lowest BCUT2D eigenvalue weighted by Gasteiger charge is -2.09. The van der Waals surface area contributed by atoms with E-state index in [0.717, 1.165) is 0 Å². The molecule has 2 rings (SSSR count). The van der Waals surface area contributed by atoms with Crippen LogP contribution in [0.5, 0.6) is 0 Å². The van der Waals surface area contributed by atoms with Crippen molar-refractivity contribution in [3.63, 3.8) is 0 Å². The van der Waals surface area contributed by atoms with Crippen molar-refractivity contribution in [2.75, 3.05) is 5.43 Å². The minimum Gasteiger partial charge on any atom is -0.308 e. The number of anilines is 1. The third-order valence-corrected chi connectivity index (χ3v) is 3.05. The molecule has 0 amide bonds. The summed E-state index contributed by atoms with van der Waals surface area (Å²) in [6.07, 6.45) is 0. The molecule has 4 N–H and O–H groups in total. The van der Waals surface area contributed by atoms with Gasteiger partial charge in [-0.15, -0.1) is 0 Å². The van der Waals surface area contributed by atoms with Gasteiger partial charge >= 0.3 is 0 Å². The number of aromatic amines is 1. The van der Waals surface area contributed by atoms with Crippen molar-refractivity contribution in [1.82, 2.24) is 19.7 Å². The van der Waals surface area contributed by atoms with Gasteiger partial charge in [0.2, 0.25) is 0 Å². The maximum absolute atomic E-state index is 12.1. The van der Waals surface area contributed by atoms with Crippen molar-refractivity contribution in [1.29, 1.82) is 0 Å². The third-order valence-electron chi connectivity index (χ3n) is 3.05. The average molecular weight is 276 g/mol. The summed E-state index contributed by atoms with van der Waals surface area (Å²) in [4.78, 5) is 32.1. The van der Waals surface area contributed by atoms with Gasteiger partial charge < -0.3 is 5.43 Å². The predicted octanol–water partition coefficient (Wildman–Crippen LogP) is -0.414. The van der Waals surface area contributed by atoms with Crippen molar-refractivity contribution < 1.29 is 0 Å². The molecule has 106 valence electrons. The molecular weight excluding hydrogens is 260 g/mol. The number of nitrogen functional groups attached to an aromatic ring is 1. The Hall–Kier alpha value is -2.48. The molecule has 0 saturated carbocycles. The van der Waals surface area contributed by atoms with Crippen LogP contribution in [0.2, 0.25) is 0 Å². The van der Waals surface area contributed by atoms with Crippen molar-refractivity contribution >= 4 is 5.82 Å². The van der Waals surface area contributed by atoms with E-state index in [0.29, 0.717) is 28.5 Å². The molecule has 0 aliphatic heterocycles. The number of nitrogens with two attached hydrogens (primary N) is 1. The normalized spacial score (nSPS) is 10.6. The zero-order valence-corrected chi connectivity index (χ0v) is 11.5. The van der Waals surface area contributed by atoms with Crippen LogP contribution in [0.15, 0.2) is 15.7 Å². The molecule has 0 spiro atoms. The van der Waals surface area contributed by atoms with Crippen LogP contribution in [-0.2, 0) is 6.54 Å². The van der Waals surface area contributed by atoms with Gasteiger partial charge in [0.15, 0.2) is 5.82 Å². The van der Waals surface area contributed by atoms with Crippen LogP contribution >= 0.6 is 0 Å². The lowest BCUT2D eigenvalue weighted by atomic mass is 10.2. The first-order valence-corrected chi connectivity index (χ1v) is 6.04. The fraction of sp³-hybridized carbons (Fsp3) is 0.333. The van der Waals surface area contributed by atoms with Crippen LogP contribution in [0.4, 0.5) is 5.82 Å². The summed E-state index contributed by atoms with van der Waals surface area (Å²) in [5, 5.41) is 2.51. The number of aryl methyl sites for hydroxylation is 1. The van der Waals surface area contributed by atoms with E-state index in [1.807, 2.05) is 0 Å². The van der Waals surface area contributed by atoms with E-state index in [4.69, 9.17) is 5.84 Å². The summed E-state index contributed by atoms with van der Waals surface area (Å²) in [5.41, 5.74) is 3.40. The van der Waals surface area contributed by atoms with Crippen molar-refractivity contribution in [2.24, 2.45) is 5.84 Å². The Bertz CT molecular complexity index is 762. The minimum absolute atomic E-state index is 0.0750. The molecular formula is C12H16N6O2. The van der Waals surface area contributed by atoms with Crippen LogP contribution in [-0.4, -0.2) is 19.7 Å². The highest BCUT2D eigenvalue weighted by Gasteiger charge is 2.09. The van der Waals surface area contributed by atoms with Gasteiger partial charge in [0.25, 0.3) is 11.1 Å². The molecule has 8 heteroatoms. The van der Waals surface area contributed by atoms with Gasteiger partial charge in [-0.25, -0.2) is 20.5 Å². The molecule has 0 aromatic carbocycles. The van der Waals surface area contributed by atoms with E-state index in [-0.39, 0.29) is 17.7 Å². The smallest absolute Gasteiger partial charge is 0.268 e. The Kier molecular flexibility index (Phi) is 3.66. The summed E-state index contributed by atoms with van der Waals surface area (Å²) in [5.74, 6) is 6.15. The lowest BCUT2D eigenvalue weighted by Crippen LogP contribution is -2.34. The molecule has 0 aliphatic rings. The van der Waals surface area contributed by atoms with Gasteiger partial charge in [-0.3, -0.25) is 14.7 Å². The van der Waals surface area contributed by atoms with E-state index < -0.39 is 0 Å². The molecule has 0 fully saturated rings. The molecule has 20 heavy (non-hydrogen) atoms. The van der Waals surface area contributed by atoms with E-state index in [1.54, 1.807) is 26.8 Å². The Labute approximate surface area is 114 Å². The van der Waals surface area contributed by atoms with Crippen LogP contribution in [0.1, 0.15) is 22.6 Å². The summed E-state index contributed by atoms with van der Waals surface area (Å²) in [6, 6.07) is 1.68. The van der Waals surface area contributed by atoms with E-state index >= 15 is 0 Å². The molecule has 0 unspecified atom stereocenters. The Morgan fingerprint density at radius 1 is 1.25 bits per heavy atom. The van der Waals surface area contributed by atoms with Gasteiger partial charge in [0.05, 0.1) is 0 Å². The topological polar surface area (TPSA) is 119 Å². The number of aromatic nitrogens is 4. The quantitative estimate of drug-likeness (QED) is 0.518.